The van der Waals surface area contributed by atoms with Crippen molar-refractivity contribution in [3.8, 4) is 0 Å². The largest absolute Gasteiger partial charge is 0.480 e. The lowest BCUT2D eigenvalue weighted by atomic mass is 9.95. The lowest BCUT2D eigenvalue weighted by Crippen LogP contribution is -2.45. The van der Waals surface area contributed by atoms with Crippen LogP contribution in [-0.4, -0.2) is 27.9 Å². The molecule has 0 spiro atoms. The zero-order valence-electron chi connectivity index (χ0n) is 12.5. The molecule has 0 aliphatic rings. The molecule has 0 aromatic heterocycles. The van der Waals surface area contributed by atoms with Crippen molar-refractivity contribution in [1.29, 1.82) is 0 Å². The number of carbonyl (C=O) groups is 2. The fourth-order valence-corrected chi connectivity index (χ4v) is 1.87. The van der Waals surface area contributed by atoms with E-state index in [4.69, 9.17) is 0 Å². The van der Waals surface area contributed by atoms with Crippen LogP contribution in [0.25, 0.3) is 0 Å². The molecule has 4 heteroatoms. The van der Waals surface area contributed by atoms with Gasteiger partial charge in [-0.2, -0.15) is 0 Å². The Kier molecular flexibility index (Phi) is 5.74. The fourth-order valence-electron chi connectivity index (χ4n) is 1.87. The minimum atomic E-state index is -0.981. The van der Waals surface area contributed by atoms with Gasteiger partial charge in [0.1, 0.15) is 6.04 Å². The smallest absolute Gasteiger partial charge is 0.326 e. The zero-order chi connectivity index (χ0) is 15.3. The third-order valence-electron chi connectivity index (χ3n) is 3.69. The Morgan fingerprint density at radius 3 is 2.10 bits per heavy atom. The first kappa shape index (κ1) is 16.2. The van der Waals surface area contributed by atoms with Crippen molar-refractivity contribution < 1.29 is 14.7 Å². The molecule has 2 unspecified atom stereocenters. The summed E-state index contributed by atoms with van der Waals surface area (Å²) in [4.78, 5) is 25.2. The van der Waals surface area contributed by atoms with Crippen LogP contribution >= 0.6 is 0 Å². The highest BCUT2D eigenvalue weighted by molar-refractivity contribution is 5.84. The van der Waals surface area contributed by atoms with Gasteiger partial charge in [-0.25, -0.2) is 4.79 Å². The van der Waals surface area contributed by atoms with E-state index in [2.05, 4.69) is 0 Å². The van der Waals surface area contributed by atoms with E-state index in [0.717, 1.165) is 5.56 Å². The maximum Gasteiger partial charge on any atom is 0.326 e. The van der Waals surface area contributed by atoms with Crippen molar-refractivity contribution in [3.05, 3.63) is 35.9 Å². The van der Waals surface area contributed by atoms with E-state index in [-0.39, 0.29) is 17.7 Å². The van der Waals surface area contributed by atoms with Gasteiger partial charge in [-0.3, -0.25) is 4.79 Å². The minimum absolute atomic E-state index is 0.112. The minimum Gasteiger partial charge on any atom is -0.480 e. The first-order valence-corrected chi connectivity index (χ1v) is 6.91. The standard InChI is InChI=1S/C16H23NO3/c1-11(2)12(3)15(18)17(13(4)16(19)20)10-14-8-6-5-7-9-14/h5-9,11-13H,10H2,1-4H3,(H,19,20). The molecule has 20 heavy (non-hydrogen) atoms. The van der Waals surface area contributed by atoms with Crippen molar-refractivity contribution in [2.24, 2.45) is 11.8 Å². The van der Waals surface area contributed by atoms with Crippen LogP contribution in [0.3, 0.4) is 0 Å². The van der Waals surface area contributed by atoms with Crippen LogP contribution in [0.4, 0.5) is 0 Å². The first-order valence-electron chi connectivity index (χ1n) is 6.91. The number of carboxylic acids is 1. The van der Waals surface area contributed by atoms with E-state index in [1.807, 2.05) is 51.1 Å². The van der Waals surface area contributed by atoms with Crippen LogP contribution in [0.1, 0.15) is 33.3 Å². The number of benzene rings is 1. The van der Waals surface area contributed by atoms with Gasteiger partial charge in [0.05, 0.1) is 0 Å². The predicted molar refractivity (Wildman–Crippen MR) is 78.1 cm³/mol. The van der Waals surface area contributed by atoms with Crippen molar-refractivity contribution in [3.63, 3.8) is 0 Å². The summed E-state index contributed by atoms with van der Waals surface area (Å²) < 4.78 is 0. The lowest BCUT2D eigenvalue weighted by molar-refractivity contribution is -0.152. The molecule has 1 aromatic carbocycles. The Hall–Kier alpha value is -1.84. The van der Waals surface area contributed by atoms with E-state index in [1.165, 1.54) is 4.90 Å². The second-order valence-electron chi connectivity index (χ2n) is 5.50. The number of rotatable bonds is 6. The summed E-state index contributed by atoms with van der Waals surface area (Å²) >= 11 is 0. The maximum absolute atomic E-state index is 12.5. The van der Waals surface area contributed by atoms with Gasteiger partial charge >= 0.3 is 5.97 Å². The molecule has 2 atom stereocenters. The molecule has 1 aromatic rings. The van der Waals surface area contributed by atoms with Crippen molar-refractivity contribution in [2.75, 3.05) is 0 Å². The lowest BCUT2D eigenvalue weighted by Gasteiger charge is -2.30. The molecule has 0 aliphatic carbocycles. The average molecular weight is 277 g/mol. The molecule has 4 nitrogen and oxygen atoms in total. The highest BCUT2D eigenvalue weighted by atomic mass is 16.4. The normalized spacial score (nSPS) is 13.8. The summed E-state index contributed by atoms with van der Waals surface area (Å²) in [6, 6.07) is 8.63. The van der Waals surface area contributed by atoms with E-state index in [9.17, 15) is 14.7 Å². The van der Waals surface area contributed by atoms with Gasteiger partial charge in [0.2, 0.25) is 5.91 Å². The third-order valence-corrected chi connectivity index (χ3v) is 3.69. The molecular formula is C16H23NO3. The predicted octanol–water partition coefficient (Wildman–Crippen LogP) is 2.78. The SMILES string of the molecule is CC(C)C(C)C(=O)N(Cc1ccccc1)C(C)C(=O)O. The number of carboxylic acid groups (broad SMARTS) is 1. The summed E-state index contributed by atoms with van der Waals surface area (Å²) in [6.45, 7) is 7.66. The van der Waals surface area contributed by atoms with Crippen LogP contribution in [-0.2, 0) is 16.1 Å². The van der Waals surface area contributed by atoms with Crippen LogP contribution < -0.4 is 0 Å². The molecule has 110 valence electrons. The van der Waals surface area contributed by atoms with E-state index in [0.29, 0.717) is 6.54 Å². The van der Waals surface area contributed by atoms with Crippen LogP contribution in [0.2, 0.25) is 0 Å². The summed E-state index contributed by atoms with van der Waals surface area (Å²) in [5.41, 5.74) is 0.935. The molecule has 1 rings (SSSR count). The average Bonchev–Trinajstić information content (AvgIpc) is 2.43. The number of carbonyl (C=O) groups excluding carboxylic acids is 1. The first-order chi connectivity index (χ1) is 9.34. The monoisotopic (exact) mass is 277 g/mol. The summed E-state index contributed by atoms with van der Waals surface area (Å²) in [7, 11) is 0. The summed E-state index contributed by atoms with van der Waals surface area (Å²) in [6.07, 6.45) is 0. The van der Waals surface area contributed by atoms with Gasteiger partial charge in [0, 0.05) is 12.5 Å². The number of aliphatic carboxylic acids is 1. The molecule has 1 amide bonds. The molecule has 0 aliphatic heterocycles. The summed E-state index contributed by atoms with van der Waals surface area (Å²) in [5, 5.41) is 9.21. The van der Waals surface area contributed by atoms with Crippen molar-refractivity contribution in [1.82, 2.24) is 4.90 Å². The Balaban J connectivity index is 2.97. The Morgan fingerprint density at radius 2 is 1.65 bits per heavy atom. The number of hydrogen-bond donors (Lipinski definition) is 1. The number of nitrogens with zero attached hydrogens (tertiary/aromatic N) is 1. The Morgan fingerprint density at radius 1 is 1.10 bits per heavy atom. The van der Waals surface area contributed by atoms with E-state index in [1.54, 1.807) is 6.92 Å². The van der Waals surface area contributed by atoms with Gasteiger partial charge < -0.3 is 10.0 Å². The summed E-state index contributed by atoms with van der Waals surface area (Å²) in [5.74, 6) is -1.11. The Bertz CT molecular complexity index is 456. The number of hydrogen-bond acceptors (Lipinski definition) is 2. The second-order valence-corrected chi connectivity index (χ2v) is 5.50. The van der Waals surface area contributed by atoms with E-state index < -0.39 is 12.0 Å². The molecule has 0 saturated heterocycles. The second kappa shape index (κ2) is 7.08. The van der Waals surface area contributed by atoms with Gasteiger partial charge in [-0.05, 0) is 18.4 Å². The zero-order valence-corrected chi connectivity index (χ0v) is 12.5. The molecular weight excluding hydrogens is 254 g/mol. The van der Waals surface area contributed by atoms with Crippen LogP contribution in [0.5, 0.6) is 0 Å². The number of amides is 1. The maximum atomic E-state index is 12.5. The van der Waals surface area contributed by atoms with Crippen molar-refractivity contribution in [2.45, 2.75) is 40.3 Å². The molecule has 0 saturated carbocycles. The fraction of sp³-hybridized carbons (Fsp3) is 0.500. The molecule has 1 N–H and O–H groups in total. The van der Waals surface area contributed by atoms with Gasteiger partial charge in [0.15, 0.2) is 0 Å². The third kappa shape index (κ3) is 4.08. The van der Waals surface area contributed by atoms with Crippen LogP contribution in [0.15, 0.2) is 30.3 Å². The molecule has 0 bridgehead atoms. The van der Waals surface area contributed by atoms with Gasteiger partial charge in [-0.1, -0.05) is 51.1 Å². The highest BCUT2D eigenvalue weighted by Gasteiger charge is 2.30. The van der Waals surface area contributed by atoms with Crippen LogP contribution in [0, 0.1) is 11.8 Å². The molecule has 0 radical (unpaired) electrons. The topological polar surface area (TPSA) is 57.6 Å². The van der Waals surface area contributed by atoms with E-state index >= 15 is 0 Å². The van der Waals surface area contributed by atoms with Gasteiger partial charge in [0.25, 0.3) is 0 Å². The Labute approximate surface area is 120 Å². The highest BCUT2D eigenvalue weighted by Crippen LogP contribution is 2.18. The van der Waals surface area contributed by atoms with Gasteiger partial charge in [-0.15, -0.1) is 0 Å². The quantitative estimate of drug-likeness (QED) is 0.870. The van der Waals surface area contributed by atoms with Crippen molar-refractivity contribution >= 4 is 11.9 Å². The molecule has 0 heterocycles. The molecule has 0 fully saturated rings.